The van der Waals surface area contributed by atoms with Crippen LogP contribution in [0, 0.1) is 0 Å². The maximum absolute atomic E-state index is 12.2. The summed E-state index contributed by atoms with van der Waals surface area (Å²) in [6.45, 7) is 4.58. The second-order valence-electron chi connectivity index (χ2n) is 5.37. The first-order chi connectivity index (χ1) is 10.9. The minimum absolute atomic E-state index is 0.0233. The van der Waals surface area contributed by atoms with E-state index in [4.69, 9.17) is 0 Å². The summed E-state index contributed by atoms with van der Waals surface area (Å²) in [7, 11) is 1.62. The van der Waals surface area contributed by atoms with E-state index >= 15 is 0 Å². The molecule has 0 bridgehead atoms. The number of carbonyl (C=O) groups is 2. The van der Waals surface area contributed by atoms with E-state index in [1.54, 1.807) is 24.5 Å². The number of likely N-dealkylation sites (N-methyl/N-ethyl adjacent to an activating group) is 1. The van der Waals surface area contributed by atoms with Crippen LogP contribution >= 0.6 is 38.6 Å². The van der Waals surface area contributed by atoms with E-state index in [0.29, 0.717) is 17.3 Å². The SMILES string of the molecule is CC(C)c1nc(CNC(=O)CN(C)C(=O)c2ccc(Br)s2)cs1. The second kappa shape index (κ2) is 8.03. The molecule has 2 aromatic rings. The van der Waals surface area contributed by atoms with Crippen LogP contribution in [0.5, 0.6) is 0 Å². The normalized spacial score (nSPS) is 10.8. The number of halogens is 1. The van der Waals surface area contributed by atoms with Crippen LogP contribution in [0.15, 0.2) is 21.3 Å². The smallest absolute Gasteiger partial charge is 0.264 e. The van der Waals surface area contributed by atoms with Crippen molar-refractivity contribution in [3.05, 3.63) is 36.9 Å². The molecular formula is C15H18BrN3O2S2. The van der Waals surface area contributed by atoms with Crippen LogP contribution in [0.3, 0.4) is 0 Å². The van der Waals surface area contributed by atoms with Crippen LogP contribution in [0.2, 0.25) is 0 Å². The standard InChI is InChI=1S/C15H18BrN3O2S2/c1-9(2)14-18-10(8-22-14)6-17-13(20)7-19(3)15(21)11-4-5-12(16)23-11/h4-5,8-9H,6-7H2,1-3H3,(H,17,20). The molecule has 0 aromatic carbocycles. The lowest BCUT2D eigenvalue weighted by molar-refractivity contribution is -0.121. The quantitative estimate of drug-likeness (QED) is 0.785. The van der Waals surface area contributed by atoms with Gasteiger partial charge in [0.15, 0.2) is 0 Å². The van der Waals surface area contributed by atoms with Crippen LogP contribution < -0.4 is 5.32 Å². The number of carbonyl (C=O) groups excluding carboxylic acids is 2. The fraction of sp³-hybridized carbons (Fsp3) is 0.400. The predicted molar refractivity (Wildman–Crippen MR) is 97.0 cm³/mol. The van der Waals surface area contributed by atoms with Gasteiger partial charge in [-0.05, 0) is 28.1 Å². The van der Waals surface area contributed by atoms with Crippen molar-refractivity contribution in [2.45, 2.75) is 26.3 Å². The summed E-state index contributed by atoms with van der Waals surface area (Å²) in [5.41, 5.74) is 0.850. The van der Waals surface area contributed by atoms with Crippen molar-refractivity contribution in [1.82, 2.24) is 15.2 Å². The van der Waals surface area contributed by atoms with Crippen molar-refractivity contribution in [2.75, 3.05) is 13.6 Å². The molecule has 0 fully saturated rings. The summed E-state index contributed by atoms with van der Waals surface area (Å²) in [6.07, 6.45) is 0. The monoisotopic (exact) mass is 415 g/mol. The Morgan fingerprint density at radius 3 is 2.70 bits per heavy atom. The number of rotatable bonds is 6. The van der Waals surface area contributed by atoms with Gasteiger partial charge in [-0.15, -0.1) is 22.7 Å². The molecule has 0 aliphatic heterocycles. The third-order valence-electron chi connectivity index (χ3n) is 3.04. The lowest BCUT2D eigenvalue weighted by atomic mass is 10.2. The molecule has 8 heteroatoms. The van der Waals surface area contributed by atoms with Gasteiger partial charge in [0.25, 0.3) is 5.91 Å². The Morgan fingerprint density at radius 1 is 1.39 bits per heavy atom. The van der Waals surface area contributed by atoms with Crippen molar-refractivity contribution >= 4 is 50.4 Å². The molecule has 0 saturated carbocycles. The minimum Gasteiger partial charge on any atom is -0.349 e. The lowest BCUT2D eigenvalue weighted by Crippen LogP contribution is -2.37. The van der Waals surface area contributed by atoms with Crippen molar-refractivity contribution in [3.8, 4) is 0 Å². The van der Waals surface area contributed by atoms with Crippen LogP contribution in [0.1, 0.15) is 40.1 Å². The van der Waals surface area contributed by atoms with E-state index < -0.39 is 0 Å². The van der Waals surface area contributed by atoms with Crippen molar-refractivity contribution in [2.24, 2.45) is 0 Å². The first-order valence-electron chi connectivity index (χ1n) is 7.08. The van der Waals surface area contributed by atoms with Crippen molar-refractivity contribution < 1.29 is 9.59 Å². The maximum Gasteiger partial charge on any atom is 0.264 e. The fourth-order valence-electron chi connectivity index (χ4n) is 1.82. The van der Waals surface area contributed by atoms with Gasteiger partial charge in [-0.25, -0.2) is 4.98 Å². The molecule has 124 valence electrons. The molecule has 1 N–H and O–H groups in total. The number of hydrogen-bond acceptors (Lipinski definition) is 5. The first kappa shape index (κ1) is 18.1. The zero-order valence-corrected chi connectivity index (χ0v) is 16.3. The average Bonchev–Trinajstić information content (AvgIpc) is 3.13. The van der Waals surface area contributed by atoms with Gasteiger partial charge in [0.05, 0.1) is 32.5 Å². The Morgan fingerprint density at radius 2 is 2.13 bits per heavy atom. The number of amides is 2. The molecule has 5 nitrogen and oxygen atoms in total. The molecule has 2 rings (SSSR count). The summed E-state index contributed by atoms with van der Waals surface area (Å²) in [4.78, 5) is 30.6. The molecule has 23 heavy (non-hydrogen) atoms. The number of nitrogens with one attached hydrogen (secondary N) is 1. The Balaban J connectivity index is 1.82. The summed E-state index contributed by atoms with van der Waals surface area (Å²) in [5.74, 6) is 0.0282. The van der Waals surface area contributed by atoms with Gasteiger partial charge in [-0.2, -0.15) is 0 Å². The van der Waals surface area contributed by atoms with Gasteiger partial charge in [-0.3, -0.25) is 9.59 Å². The van der Waals surface area contributed by atoms with Gasteiger partial charge in [-0.1, -0.05) is 13.8 Å². The van der Waals surface area contributed by atoms with Crippen LogP contribution in [0.4, 0.5) is 0 Å². The van der Waals surface area contributed by atoms with Crippen LogP contribution in [-0.4, -0.2) is 35.3 Å². The highest BCUT2D eigenvalue weighted by atomic mass is 79.9. The summed E-state index contributed by atoms with van der Waals surface area (Å²) in [5, 5.41) is 5.81. The average molecular weight is 416 g/mol. The summed E-state index contributed by atoms with van der Waals surface area (Å²) >= 11 is 6.28. The minimum atomic E-state index is -0.199. The number of thiophene rings is 1. The molecule has 0 spiro atoms. The molecule has 0 unspecified atom stereocenters. The third-order valence-corrected chi connectivity index (χ3v) is 5.85. The summed E-state index contributed by atoms with van der Waals surface area (Å²) < 4.78 is 0.892. The molecule has 2 amide bonds. The Labute approximate surface area is 151 Å². The zero-order chi connectivity index (χ0) is 17.0. The highest BCUT2D eigenvalue weighted by Gasteiger charge is 2.16. The van der Waals surface area contributed by atoms with Gasteiger partial charge in [0.2, 0.25) is 5.91 Å². The number of thiazole rings is 1. The zero-order valence-electron chi connectivity index (χ0n) is 13.1. The lowest BCUT2D eigenvalue weighted by Gasteiger charge is -2.15. The van der Waals surface area contributed by atoms with E-state index in [-0.39, 0.29) is 18.4 Å². The second-order valence-corrected chi connectivity index (χ2v) is 8.73. The van der Waals surface area contributed by atoms with E-state index in [9.17, 15) is 9.59 Å². The molecule has 0 aliphatic carbocycles. The highest BCUT2D eigenvalue weighted by molar-refractivity contribution is 9.11. The molecule has 2 heterocycles. The van der Waals surface area contributed by atoms with Gasteiger partial charge in [0, 0.05) is 18.3 Å². The Bertz CT molecular complexity index is 696. The van der Waals surface area contributed by atoms with E-state index in [1.807, 2.05) is 11.4 Å². The highest BCUT2D eigenvalue weighted by Crippen LogP contribution is 2.23. The fourth-order valence-corrected chi connectivity index (χ4v) is 4.03. The van der Waals surface area contributed by atoms with E-state index in [0.717, 1.165) is 14.5 Å². The predicted octanol–water partition coefficient (Wildman–Crippen LogP) is 3.48. The summed E-state index contributed by atoms with van der Waals surface area (Å²) in [6, 6.07) is 3.56. The van der Waals surface area contributed by atoms with Gasteiger partial charge in [0.1, 0.15) is 0 Å². The molecule has 0 atom stereocenters. The Hall–Kier alpha value is -1.25. The Kier molecular flexibility index (Phi) is 6.32. The van der Waals surface area contributed by atoms with E-state index in [2.05, 4.69) is 40.1 Å². The largest absolute Gasteiger partial charge is 0.349 e. The number of aromatic nitrogens is 1. The maximum atomic E-state index is 12.2. The molecule has 0 radical (unpaired) electrons. The van der Waals surface area contributed by atoms with Crippen molar-refractivity contribution in [1.29, 1.82) is 0 Å². The van der Waals surface area contributed by atoms with Crippen molar-refractivity contribution in [3.63, 3.8) is 0 Å². The van der Waals surface area contributed by atoms with Crippen LogP contribution in [0.25, 0.3) is 0 Å². The van der Waals surface area contributed by atoms with Crippen LogP contribution in [-0.2, 0) is 11.3 Å². The number of hydrogen-bond donors (Lipinski definition) is 1. The molecular weight excluding hydrogens is 398 g/mol. The van der Waals surface area contributed by atoms with Gasteiger partial charge >= 0.3 is 0 Å². The number of nitrogens with zero attached hydrogens (tertiary/aromatic N) is 2. The topological polar surface area (TPSA) is 62.3 Å². The molecule has 0 saturated heterocycles. The molecule has 0 aliphatic rings. The molecule has 2 aromatic heterocycles. The van der Waals surface area contributed by atoms with Gasteiger partial charge < -0.3 is 10.2 Å². The first-order valence-corrected chi connectivity index (χ1v) is 9.57. The van der Waals surface area contributed by atoms with E-state index in [1.165, 1.54) is 16.2 Å². The third kappa shape index (κ3) is 5.12.